The molecule has 2 aromatic rings. The fraction of sp³-hybridized carbons (Fsp3) is 0.0667. The van der Waals surface area contributed by atoms with Crippen LogP contribution >= 0.6 is 35.0 Å². The van der Waals surface area contributed by atoms with E-state index in [4.69, 9.17) is 23.2 Å². The summed E-state index contributed by atoms with van der Waals surface area (Å²) in [6.07, 6.45) is 0. The molecule has 0 spiro atoms. The van der Waals surface area contributed by atoms with Crippen LogP contribution in [0.15, 0.2) is 53.4 Å². The number of hydrogen-bond acceptors (Lipinski definition) is 3. The first-order chi connectivity index (χ1) is 9.59. The lowest BCUT2D eigenvalue weighted by Crippen LogP contribution is -1.97. The van der Waals surface area contributed by atoms with Gasteiger partial charge >= 0.3 is 0 Å². The van der Waals surface area contributed by atoms with E-state index in [-0.39, 0.29) is 0 Å². The van der Waals surface area contributed by atoms with Crippen LogP contribution in [0.1, 0.15) is 26.3 Å². The Hall–Kier alpha value is -1.29. The van der Waals surface area contributed by atoms with E-state index >= 15 is 0 Å². The van der Waals surface area contributed by atoms with E-state index in [1.54, 1.807) is 24.3 Å². The van der Waals surface area contributed by atoms with Crippen LogP contribution in [0.5, 0.6) is 0 Å². The fourth-order valence-electron chi connectivity index (χ4n) is 1.75. The minimum atomic E-state index is -0.491. The molecule has 20 heavy (non-hydrogen) atoms. The van der Waals surface area contributed by atoms with Crippen molar-refractivity contribution < 1.29 is 9.59 Å². The fourth-order valence-corrected chi connectivity index (χ4v) is 3.21. The van der Waals surface area contributed by atoms with E-state index in [1.807, 2.05) is 24.3 Å². The van der Waals surface area contributed by atoms with Crippen LogP contribution < -0.4 is 0 Å². The third-order valence-electron chi connectivity index (χ3n) is 2.71. The van der Waals surface area contributed by atoms with Crippen LogP contribution in [0, 0.1) is 0 Å². The number of carbonyl (C=O) groups is 2. The van der Waals surface area contributed by atoms with Gasteiger partial charge in [-0.25, -0.2) is 0 Å². The van der Waals surface area contributed by atoms with E-state index in [2.05, 4.69) is 0 Å². The van der Waals surface area contributed by atoms with Gasteiger partial charge in [-0.15, -0.1) is 11.8 Å². The largest absolute Gasteiger partial charge is 0.276 e. The first-order valence-corrected chi connectivity index (χ1v) is 7.53. The predicted molar refractivity (Wildman–Crippen MR) is 82.8 cm³/mol. The molecule has 0 aliphatic rings. The molecular weight excluding hydrogens is 315 g/mol. The number of benzene rings is 2. The molecular formula is C15H10Cl2O2S. The molecule has 0 unspecified atom stereocenters. The zero-order valence-electron chi connectivity index (χ0n) is 10.3. The van der Waals surface area contributed by atoms with E-state index in [0.717, 1.165) is 10.5 Å². The maximum Gasteiger partial charge on any atom is 0.253 e. The van der Waals surface area contributed by atoms with Crippen molar-refractivity contribution in [2.24, 2.45) is 0 Å². The number of rotatable bonds is 5. The Kier molecular flexibility index (Phi) is 5.24. The smallest absolute Gasteiger partial charge is 0.253 e. The molecule has 0 saturated carbocycles. The molecule has 0 fully saturated rings. The molecule has 2 aromatic carbocycles. The van der Waals surface area contributed by atoms with Gasteiger partial charge in [0.2, 0.25) is 0 Å². The lowest BCUT2D eigenvalue weighted by molar-refractivity contribution is 0.107. The Labute approximate surface area is 131 Å². The van der Waals surface area contributed by atoms with Gasteiger partial charge in [0, 0.05) is 21.8 Å². The zero-order chi connectivity index (χ0) is 14.5. The molecule has 0 atom stereocenters. The van der Waals surface area contributed by atoms with Gasteiger partial charge in [-0.1, -0.05) is 30.3 Å². The molecule has 0 aliphatic carbocycles. The molecule has 0 saturated heterocycles. The van der Waals surface area contributed by atoms with Crippen molar-refractivity contribution >= 4 is 45.4 Å². The first-order valence-electron chi connectivity index (χ1n) is 5.79. The Morgan fingerprint density at radius 2 is 1.40 bits per heavy atom. The summed E-state index contributed by atoms with van der Waals surface area (Å²) in [7, 11) is 0. The van der Waals surface area contributed by atoms with Gasteiger partial charge in [0.05, 0.1) is 0 Å². The molecule has 102 valence electrons. The standard InChI is InChI=1S/C15H10Cl2O2S/c16-14(18)11-6-2-1-5-10(11)9-20-13-8-4-3-7-12(13)15(17)19/h1-8H,9H2. The SMILES string of the molecule is O=C(Cl)c1ccccc1CSc1ccccc1C(=O)Cl. The van der Waals surface area contributed by atoms with Crippen molar-refractivity contribution in [2.75, 3.05) is 0 Å². The monoisotopic (exact) mass is 324 g/mol. The Bertz CT molecular complexity index is 598. The third-order valence-corrected chi connectivity index (χ3v) is 4.24. The highest BCUT2D eigenvalue weighted by molar-refractivity contribution is 7.98. The van der Waals surface area contributed by atoms with Crippen molar-refractivity contribution in [3.63, 3.8) is 0 Å². The van der Waals surface area contributed by atoms with Gasteiger partial charge in [0.25, 0.3) is 10.5 Å². The van der Waals surface area contributed by atoms with Crippen molar-refractivity contribution in [1.29, 1.82) is 0 Å². The van der Waals surface area contributed by atoms with E-state index < -0.39 is 10.5 Å². The lowest BCUT2D eigenvalue weighted by atomic mass is 10.1. The lowest BCUT2D eigenvalue weighted by Gasteiger charge is -2.08. The Balaban J connectivity index is 2.22. The van der Waals surface area contributed by atoms with Gasteiger partial charge in [-0.2, -0.15) is 0 Å². The predicted octanol–water partition coefficient (Wildman–Crippen LogP) is 4.74. The molecule has 0 bridgehead atoms. The quantitative estimate of drug-likeness (QED) is 0.588. The van der Waals surface area contributed by atoms with Crippen LogP contribution in [-0.2, 0) is 5.75 Å². The first kappa shape index (κ1) is 15.1. The Morgan fingerprint density at radius 1 is 0.850 bits per heavy atom. The summed E-state index contributed by atoms with van der Waals surface area (Å²) in [4.78, 5) is 23.4. The van der Waals surface area contributed by atoms with E-state index in [0.29, 0.717) is 16.9 Å². The van der Waals surface area contributed by atoms with Gasteiger partial charge < -0.3 is 0 Å². The summed E-state index contributed by atoms with van der Waals surface area (Å²) in [6, 6.07) is 14.2. The third kappa shape index (κ3) is 3.63. The maximum atomic E-state index is 11.3. The van der Waals surface area contributed by atoms with Crippen molar-refractivity contribution in [1.82, 2.24) is 0 Å². The molecule has 2 nitrogen and oxygen atoms in total. The van der Waals surface area contributed by atoms with Crippen molar-refractivity contribution in [3.05, 3.63) is 65.2 Å². The second-order valence-corrected chi connectivity index (χ2v) is 5.69. The van der Waals surface area contributed by atoms with Crippen LogP contribution in [0.25, 0.3) is 0 Å². The highest BCUT2D eigenvalue weighted by Gasteiger charge is 2.11. The summed E-state index contributed by atoms with van der Waals surface area (Å²) in [5.74, 6) is 0.538. The molecule has 0 amide bonds. The Morgan fingerprint density at radius 3 is 2.05 bits per heavy atom. The summed E-state index contributed by atoms with van der Waals surface area (Å²) in [5.41, 5.74) is 1.78. The van der Waals surface area contributed by atoms with Crippen molar-refractivity contribution in [2.45, 2.75) is 10.6 Å². The maximum absolute atomic E-state index is 11.3. The molecule has 0 N–H and O–H groups in total. The van der Waals surface area contributed by atoms with Crippen LogP contribution in [0.2, 0.25) is 0 Å². The normalized spacial score (nSPS) is 10.3. The summed E-state index contributed by atoms with van der Waals surface area (Å²) < 4.78 is 0. The number of halogens is 2. The molecule has 0 radical (unpaired) electrons. The number of hydrogen-bond donors (Lipinski definition) is 0. The van der Waals surface area contributed by atoms with Gasteiger partial charge in [-0.05, 0) is 47.0 Å². The average Bonchev–Trinajstić information content (AvgIpc) is 2.45. The van der Waals surface area contributed by atoms with E-state index in [1.165, 1.54) is 11.8 Å². The highest BCUT2D eigenvalue weighted by atomic mass is 35.5. The van der Waals surface area contributed by atoms with Gasteiger partial charge in [-0.3, -0.25) is 9.59 Å². The average molecular weight is 325 g/mol. The molecule has 0 heterocycles. The number of thioether (sulfide) groups is 1. The van der Waals surface area contributed by atoms with Crippen LogP contribution in [-0.4, -0.2) is 10.5 Å². The summed E-state index contributed by atoms with van der Waals surface area (Å²) >= 11 is 12.5. The van der Waals surface area contributed by atoms with Crippen molar-refractivity contribution in [3.8, 4) is 0 Å². The second kappa shape index (κ2) is 6.93. The van der Waals surface area contributed by atoms with Crippen LogP contribution in [0.3, 0.4) is 0 Å². The summed E-state index contributed by atoms with van der Waals surface area (Å²) in [6.45, 7) is 0. The molecule has 0 aromatic heterocycles. The topological polar surface area (TPSA) is 34.1 Å². The van der Waals surface area contributed by atoms with E-state index in [9.17, 15) is 9.59 Å². The molecule has 2 rings (SSSR count). The summed E-state index contributed by atoms with van der Waals surface area (Å²) in [5, 5.41) is -0.974. The van der Waals surface area contributed by atoms with Crippen LogP contribution in [0.4, 0.5) is 0 Å². The second-order valence-electron chi connectivity index (χ2n) is 3.99. The minimum Gasteiger partial charge on any atom is -0.276 e. The zero-order valence-corrected chi connectivity index (χ0v) is 12.6. The number of carbonyl (C=O) groups excluding carboxylic acids is 2. The minimum absolute atomic E-state index is 0.467. The highest BCUT2D eigenvalue weighted by Crippen LogP contribution is 2.28. The van der Waals surface area contributed by atoms with Gasteiger partial charge in [0.15, 0.2) is 0 Å². The molecule has 5 heteroatoms. The van der Waals surface area contributed by atoms with Gasteiger partial charge in [0.1, 0.15) is 0 Å². The molecule has 0 aliphatic heterocycles.